The van der Waals surface area contributed by atoms with Crippen molar-refractivity contribution in [1.82, 2.24) is 24.7 Å². The van der Waals surface area contributed by atoms with Crippen LogP contribution in [0.15, 0.2) is 45.0 Å². The molecule has 2 aliphatic heterocycles. The molecule has 0 amide bonds. The van der Waals surface area contributed by atoms with Gasteiger partial charge in [-0.2, -0.15) is 18.2 Å². The normalized spacial score (nSPS) is 19.9. The molecule has 0 radical (unpaired) electrons. The number of alkyl halides is 3. The number of aromatic amines is 1. The first-order chi connectivity index (χ1) is 17.1. The Kier molecular flexibility index (Phi) is 7.43. The Balaban J connectivity index is 0.000000375. The van der Waals surface area contributed by atoms with Crippen LogP contribution in [0.2, 0.25) is 0 Å². The van der Waals surface area contributed by atoms with E-state index in [1.807, 2.05) is 11.8 Å². The van der Waals surface area contributed by atoms with E-state index < -0.39 is 17.8 Å². The maximum atomic E-state index is 13.6. The minimum Gasteiger partial charge on any atom is -0.377 e. The Morgan fingerprint density at radius 1 is 1.25 bits per heavy atom. The van der Waals surface area contributed by atoms with Gasteiger partial charge in [0.25, 0.3) is 11.1 Å². The second kappa shape index (κ2) is 10.5. The van der Waals surface area contributed by atoms with Gasteiger partial charge in [-0.15, -0.1) is 0 Å². The number of fused-ring (bicyclic) bond motifs is 1. The lowest BCUT2D eigenvalue weighted by Crippen LogP contribution is -2.48. The van der Waals surface area contributed by atoms with Crippen LogP contribution < -0.4 is 20.9 Å². The van der Waals surface area contributed by atoms with Crippen LogP contribution in [0.5, 0.6) is 0 Å². The maximum absolute atomic E-state index is 13.6. The molecule has 0 saturated carbocycles. The van der Waals surface area contributed by atoms with Gasteiger partial charge in [0.15, 0.2) is 0 Å². The van der Waals surface area contributed by atoms with Crippen molar-refractivity contribution < 1.29 is 22.4 Å². The third-order valence-corrected chi connectivity index (χ3v) is 6.03. The first-order valence-corrected chi connectivity index (χ1v) is 11.3. The second-order valence-corrected chi connectivity index (χ2v) is 8.54. The third-order valence-electron chi connectivity index (χ3n) is 6.03. The Morgan fingerprint density at radius 3 is 2.64 bits per heavy atom. The molecular weight excluding hydrogens is 483 g/mol. The van der Waals surface area contributed by atoms with Gasteiger partial charge < -0.3 is 24.0 Å². The monoisotopic (exact) mass is 509 g/mol. The molecule has 11 nitrogen and oxygen atoms in total. The summed E-state index contributed by atoms with van der Waals surface area (Å²) in [6.07, 6.45) is -0.508. The van der Waals surface area contributed by atoms with Crippen molar-refractivity contribution in [2.45, 2.75) is 45.1 Å². The second-order valence-electron chi connectivity index (χ2n) is 8.54. The third kappa shape index (κ3) is 5.58. The van der Waals surface area contributed by atoms with E-state index in [-0.39, 0.29) is 37.1 Å². The Labute approximate surface area is 203 Å². The molecule has 36 heavy (non-hydrogen) atoms. The highest BCUT2D eigenvalue weighted by molar-refractivity contribution is 5.47. The number of rotatable bonds is 3. The minimum atomic E-state index is -4.53. The summed E-state index contributed by atoms with van der Waals surface area (Å²) in [7, 11) is 0. The number of hydrogen-bond donors (Lipinski definition) is 1. The Hall–Kier alpha value is -3.68. The molecule has 5 heterocycles. The maximum Gasteiger partial charge on any atom is 0.409 e. The van der Waals surface area contributed by atoms with E-state index in [0.717, 1.165) is 10.1 Å². The molecule has 5 rings (SSSR count). The fourth-order valence-corrected chi connectivity index (χ4v) is 4.14. The first kappa shape index (κ1) is 25.4. The summed E-state index contributed by atoms with van der Waals surface area (Å²) in [4.78, 5) is 37.0. The highest BCUT2D eigenvalue weighted by Crippen LogP contribution is 2.38. The molecular formula is C22H26F3N7O4. The van der Waals surface area contributed by atoms with Gasteiger partial charge in [0.1, 0.15) is 18.1 Å². The summed E-state index contributed by atoms with van der Waals surface area (Å²) >= 11 is 0. The predicted molar refractivity (Wildman–Crippen MR) is 123 cm³/mol. The quantitative estimate of drug-likeness (QED) is 0.565. The van der Waals surface area contributed by atoms with Crippen LogP contribution in [0.1, 0.15) is 30.6 Å². The van der Waals surface area contributed by atoms with Crippen molar-refractivity contribution in [2.75, 3.05) is 36.1 Å². The molecule has 1 fully saturated rings. The molecule has 0 aromatic carbocycles. The van der Waals surface area contributed by atoms with Gasteiger partial charge >= 0.3 is 6.18 Å². The number of ether oxygens (including phenoxy) is 1. The molecule has 0 bridgehead atoms. The van der Waals surface area contributed by atoms with E-state index >= 15 is 0 Å². The van der Waals surface area contributed by atoms with E-state index in [0.29, 0.717) is 31.3 Å². The van der Waals surface area contributed by atoms with Gasteiger partial charge in [-0.1, -0.05) is 5.16 Å². The molecule has 0 unspecified atom stereocenters. The summed E-state index contributed by atoms with van der Waals surface area (Å²) in [6, 6.07) is 0.626. The largest absolute Gasteiger partial charge is 0.409 e. The van der Waals surface area contributed by atoms with E-state index in [9.17, 15) is 22.8 Å². The average Bonchev–Trinajstić information content (AvgIpc) is 3.24. The Morgan fingerprint density at radius 2 is 2.06 bits per heavy atom. The minimum absolute atomic E-state index is 0.0142. The van der Waals surface area contributed by atoms with Crippen molar-refractivity contribution in [3.63, 3.8) is 0 Å². The zero-order valence-electron chi connectivity index (χ0n) is 19.7. The number of morpholine rings is 1. The summed E-state index contributed by atoms with van der Waals surface area (Å²) in [5, 5.41) is 3.82. The molecule has 2 aliphatic rings. The SMILES string of the molecule is Cc1nocc1CN1CC[C@H](C(F)(F)F)n2c1nc(N1CCOC[C@H]1C)cc2=O.O=c1ccnc[nH]1. The number of halogens is 3. The first-order valence-electron chi connectivity index (χ1n) is 11.3. The van der Waals surface area contributed by atoms with Crippen LogP contribution in [0.3, 0.4) is 0 Å². The molecule has 1 saturated heterocycles. The zero-order valence-corrected chi connectivity index (χ0v) is 19.7. The van der Waals surface area contributed by atoms with E-state index in [4.69, 9.17) is 9.26 Å². The van der Waals surface area contributed by atoms with Crippen LogP contribution in [0.4, 0.5) is 24.9 Å². The standard InChI is InChI=1S/C18H22F3N5O3.C4H4N2O/c1-11-9-28-6-5-25(11)15-7-16(27)26-14(18(19,20)21)3-4-24(17(26)22-15)8-13-10-29-23-12(13)2;7-4-1-2-5-3-6-4/h7,10-11,14H,3-6,8-9H2,1-2H3;1-3H,(H,5,6,7)/t11-,14-;/m1./s1. The highest BCUT2D eigenvalue weighted by atomic mass is 19.4. The van der Waals surface area contributed by atoms with Gasteiger partial charge in [-0.25, -0.2) is 4.98 Å². The predicted octanol–water partition coefficient (Wildman–Crippen LogP) is 2.05. The topological polar surface area (TPSA) is 122 Å². The number of hydrogen-bond acceptors (Lipinski definition) is 9. The van der Waals surface area contributed by atoms with Gasteiger partial charge in [-0.3, -0.25) is 14.2 Å². The van der Waals surface area contributed by atoms with Crippen molar-refractivity contribution >= 4 is 11.8 Å². The van der Waals surface area contributed by atoms with E-state index in [2.05, 4.69) is 20.1 Å². The highest BCUT2D eigenvalue weighted by Gasteiger charge is 2.45. The summed E-state index contributed by atoms with van der Waals surface area (Å²) in [5.41, 5.74) is 0.559. The summed E-state index contributed by atoms with van der Waals surface area (Å²) in [6.45, 7) is 5.51. The zero-order chi connectivity index (χ0) is 25.9. The molecule has 2 atom stereocenters. The van der Waals surface area contributed by atoms with Crippen molar-refractivity contribution in [2.24, 2.45) is 0 Å². The number of anilines is 2. The Bertz CT molecular complexity index is 1270. The van der Waals surface area contributed by atoms with Crippen molar-refractivity contribution in [3.05, 3.63) is 62.9 Å². The van der Waals surface area contributed by atoms with Gasteiger partial charge in [0.05, 0.1) is 37.8 Å². The lowest BCUT2D eigenvalue weighted by atomic mass is 10.1. The molecule has 1 N–H and O–H groups in total. The van der Waals surface area contributed by atoms with E-state index in [1.54, 1.807) is 11.8 Å². The number of H-pyrrole nitrogens is 1. The molecule has 3 aromatic rings. The van der Waals surface area contributed by atoms with Gasteiger partial charge in [0, 0.05) is 37.0 Å². The molecule has 14 heteroatoms. The molecule has 3 aromatic heterocycles. The van der Waals surface area contributed by atoms with Crippen LogP contribution in [-0.2, 0) is 11.3 Å². The van der Waals surface area contributed by atoms with E-state index in [1.165, 1.54) is 30.9 Å². The fourth-order valence-electron chi connectivity index (χ4n) is 4.14. The van der Waals surface area contributed by atoms with Crippen molar-refractivity contribution in [1.29, 1.82) is 0 Å². The number of nitrogens with one attached hydrogen (secondary N) is 1. The van der Waals surface area contributed by atoms with Gasteiger partial charge in [0.2, 0.25) is 5.95 Å². The van der Waals surface area contributed by atoms with Crippen LogP contribution in [0, 0.1) is 6.92 Å². The summed E-state index contributed by atoms with van der Waals surface area (Å²) < 4.78 is 52.0. The molecule has 194 valence electrons. The number of aromatic nitrogens is 5. The smallest absolute Gasteiger partial charge is 0.377 e. The number of aryl methyl sites for hydroxylation is 1. The molecule has 0 spiro atoms. The lowest BCUT2D eigenvalue weighted by Gasteiger charge is -2.38. The molecule has 0 aliphatic carbocycles. The van der Waals surface area contributed by atoms with Crippen LogP contribution >= 0.6 is 0 Å². The number of nitrogens with zero attached hydrogens (tertiary/aromatic N) is 6. The van der Waals surface area contributed by atoms with Gasteiger partial charge in [-0.05, 0) is 20.3 Å². The van der Waals surface area contributed by atoms with Crippen LogP contribution in [0.25, 0.3) is 0 Å². The lowest BCUT2D eigenvalue weighted by molar-refractivity contribution is -0.171. The summed E-state index contributed by atoms with van der Waals surface area (Å²) in [5.74, 6) is 0.382. The van der Waals surface area contributed by atoms with Crippen LogP contribution in [-0.4, -0.2) is 63.2 Å². The van der Waals surface area contributed by atoms with Crippen molar-refractivity contribution in [3.8, 4) is 0 Å². The average molecular weight is 509 g/mol. The fraction of sp³-hybridized carbons (Fsp3) is 0.500.